The quantitative estimate of drug-likeness (QED) is 0.576. The van der Waals surface area contributed by atoms with Crippen molar-refractivity contribution in [3.05, 3.63) is 30.1 Å². The van der Waals surface area contributed by atoms with Crippen LogP contribution >= 0.6 is 11.8 Å². The summed E-state index contributed by atoms with van der Waals surface area (Å²) in [5, 5.41) is 3.28. The second kappa shape index (κ2) is 6.85. The molecule has 3 heteroatoms. The Morgan fingerprint density at radius 3 is 2.79 bits per heavy atom. The zero-order chi connectivity index (χ0) is 10.2. The van der Waals surface area contributed by atoms with Crippen LogP contribution in [0, 0.1) is 5.82 Å². The molecule has 0 spiro atoms. The minimum atomic E-state index is -0.118. The lowest BCUT2D eigenvalue weighted by molar-refractivity contribution is 0.602. The number of thioether (sulfide) groups is 1. The summed E-state index contributed by atoms with van der Waals surface area (Å²) in [5.74, 6) is 0.800. The average molecular weight is 213 g/mol. The number of hydrogen-bond acceptors (Lipinski definition) is 2. The zero-order valence-corrected chi connectivity index (χ0v) is 9.24. The lowest BCUT2D eigenvalue weighted by Gasteiger charge is -2.03. The molecule has 1 nitrogen and oxygen atoms in total. The van der Waals surface area contributed by atoms with Gasteiger partial charge >= 0.3 is 0 Å². The molecular weight excluding hydrogens is 197 g/mol. The van der Waals surface area contributed by atoms with Crippen molar-refractivity contribution in [2.75, 3.05) is 18.8 Å². The minimum absolute atomic E-state index is 0.118. The van der Waals surface area contributed by atoms with Crippen LogP contribution in [0.3, 0.4) is 0 Å². The van der Waals surface area contributed by atoms with Gasteiger partial charge in [-0.3, -0.25) is 0 Å². The summed E-state index contributed by atoms with van der Waals surface area (Å²) >= 11 is 1.56. The lowest BCUT2D eigenvalue weighted by Crippen LogP contribution is -2.17. The average Bonchev–Trinajstić information content (AvgIpc) is 2.20. The van der Waals surface area contributed by atoms with Crippen molar-refractivity contribution < 1.29 is 4.39 Å². The van der Waals surface area contributed by atoms with Crippen LogP contribution < -0.4 is 5.32 Å². The van der Waals surface area contributed by atoms with Crippen LogP contribution in [-0.4, -0.2) is 18.8 Å². The third kappa shape index (κ3) is 4.11. The van der Waals surface area contributed by atoms with Gasteiger partial charge in [-0.25, -0.2) is 4.39 Å². The highest BCUT2D eigenvalue weighted by Crippen LogP contribution is 2.20. The van der Waals surface area contributed by atoms with E-state index >= 15 is 0 Å². The van der Waals surface area contributed by atoms with Gasteiger partial charge in [0.25, 0.3) is 0 Å². The van der Waals surface area contributed by atoms with Crippen LogP contribution in [0.25, 0.3) is 0 Å². The third-order valence-electron chi connectivity index (χ3n) is 1.80. The van der Waals surface area contributed by atoms with E-state index in [-0.39, 0.29) is 5.82 Å². The van der Waals surface area contributed by atoms with Gasteiger partial charge in [0.15, 0.2) is 0 Å². The molecule has 14 heavy (non-hydrogen) atoms. The smallest absolute Gasteiger partial charge is 0.136 e. The number of halogens is 1. The molecule has 0 radical (unpaired) electrons. The maximum Gasteiger partial charge on any atom is 0.136 e. The van der Waals surface area contributed by atoms with Crippen LogP contribution in [0.1, 0.15) is 13.3 Å². The summed E-state index contributed by atoms with van der Waals surface area (Å²) in [6.45, 7) is 4.11. The number of benzene rings is 1. The van der Waals surface area contributed by atoms with E-state index in [4.69, 9.17) is 0 Å². The fraction of sp³-hybridized carbons (Fsp3) is 0.455. The highest BCUT2D eigenvalue weighted by atomic mass is 32.2. The molecule has 0 aliphatic heterocycles. The summed E-state index contributed by atoms with van der Waals surface area (Å²) in [6.07, 6.45) is 1.14. The minimum Gasteiger partial charge on any atom is -0.316 e. The van der Waals surface area contributed by atoms with Gasteiger partial charge in [-0.05, 0) is 25.1 Å². The largest absolute Gasteiger partial charge is 0.316 e. The molecule has 0 fully saturated rings. The molecule has 1 N–H and O–H groups in total. The predicted octanol–water partition coefficient (Wildman–Crippen LogP) is 2.92. The molecule has 0 aliphatic rings. The van der Waals surface area contributed by atoms with E-state index in [1.807, 2.05) is 12.1 Å². The van der Waals surface area contributed by atoms with Gasteiger partial charge in [-0.15, -0.1) is 11.8 Å². The molecular formula is C11H16FNS. The van der Waals surface area contributed by atoms with Crippen LogP contribution in [-0.2, 0) is 0 Å². The standard InChI is InChI=1S/C11H16FNS/c1-2-7-13-8-9-14-11-6-4-3-5-10(11)12/h3-6,13H,2,7-9H2,1H3. The summed E-state index contributed by atoms with van der Waals surface area (Å²) in [5.41, 5.74) is 0. The summed E-state index contributed by atoms with van der Waals surface area (Å²) in [6, 6.07) is 6.90. The number of rotatable bonds is 6. The van der Waals surface area contributed by atoms with Crippen molar-refractivity contribution in [1.29, 1.82) is 0 Å². The Kier molecular flexibility index (Phi) is 5.64. The van der Waals surface area contributed by atoms with E-state index in [9.17, 15) is 4.39 Å². The Hall–Kier alpha value is -0.540. The second-order valence-corrected chi connectivity index (χ2v) is 4.17. The predicted molar refractivity (Wildman–Crippen MR) is 60.3 cm³/mol. The van der Waals surface area contributed by atoms with Crippen molar-refractivity contribution in [3.8, 4) is 0 Å². The van der Waals surface area contributed by atoms with Crippen LogP contribution in [0.15, 0.2) is 29.2 Å². The summed E-state index contributed by atoms with van der Waals surface area (Å²) in [4.78, 5) is 0.741. The summed E-state index contributed by atoms with van der Waals surface area (Å²) < 4.78 is 13.1. The van der Waals surface area contributed by atoms with Gasteiger partial charge in [-0.2, -0.15) is 0 Å². The molecule has 0 saturated carbocycles. The van der Waals surface area contributed by atoms with E-state index in [2.05, 4.69) is 12.2 Å². The normalized spacial score (nSPS) is 10.4. The Bertz CT molecular complexity index is 265. The Labute approximate surface area is 89.1 Å². The monoisotopic (exact) mass is 213 g/mol. The molecule has 0 aromatic heterocycles. The maximum absolute atomic E-state index is 13.1. The van der Waals surface area contributed by atoms with Crippen molar-refractivity contribution in [3.63, 3.8) is 0 Å². The molecule has 0 amide bonds. The molecule has 0 saturated heterocycles. The third-order valence-corrected chi connectivity index (χ3v) is 2.85. The van der Waals surface area contributed by atoms with Gasteiger partial charge in [0, 0.05) is 17.2 Å². The van der Waals surface area contributed by atoms with Gasteiger partial charge < -0.3 is 5.32 Å². The molecule has 1 aromatic rings. The molecule has 0 aliphatic carbocycles. The lowest BCUT2D eigenvalue weighted by atomic mass is 10.3. The Morgan fingerprint density at radius 2 is 2.07 bits per heavy atom. The van der Waals surface area contributed by atoms with E-state index in [0.29, 0.717) is 0 Å². The Balaban J connectivity index is 2.21. The van der Waals surface area contributed by atoms with Gasteiger partial charge in [0.1, 0.15) is 5.82 Å². The fourth-order valence-corrected chi connectivity index (χ4v) is 1.94. The first-order chi connectivity index (χ1) is 6.84. The highest BCUT2D eigenvalue weighted by molar-refractivity contribution is 7.99. The van der Waals surface area contributed by atoms with Crippen molar-refractivity contribution >= 4 is 11.8 Å². The molecule has 0 atom stereocenters. The van der Waals surface area contributed by atoms with Crippen molar-refractivity contribution in [1.82, 2.24) is 5.32 Å². The van der Waals surface area contributed by atoms with Crippen LogP contribution in [0.2, 0.25) is 0 Å². The molecule has 1 rings (SSSR count). The van der Waals surface area contributed by atoms with E-state index in [0.717, 1.165) is 30.2 Å². The first kappa shape index (κ1) is 11.5. The topological polar surface area (TPSA) is 12.0 Å². The van der Waals surface area contributed by atoms with Gasteiger partial charge in [0.05, 0.1) is 0 Å². The fourth-order valence-electron chi connectivity index (χ4n) is 1.10. The molecule has 0 heterocycles. The first-order valence-corrected chi connectivity index (χ1v) is 5.91. The maximum atomic E-state index is 13.1. The second-order valence-electron chi connectivity index (χ2n) is 3.03. The first-order valence-electron chi connectivity index (χ1n) is 4.92. The van der Waals surface area contributed by atoms with Crippen LogP contribution in [0.5, 0.6) is 0 Å². The Morgan fingerprint density at radius 1 is 1.29 bits per heavy atom. The van der Waals surface area contributed by atoms with E-state index in [1.54, 1.807) is 17.8 Å². The number of hydrogen-bond donors (Lipinski definition) is 1. The zero-order valence-electron chi connectivity index (χ0n) is 8.42. The highest BCUT2D eigenvalue weighted by Gasteiger charge is 1.99. The van der Waals surface area contributed by atoms with E-state index in [1.165, 1.54) is 6.07 Å². The molecule has 1 aromatic carbocycles. The van der Waals surface area contributed by atoms with Crippen LogP contribution in [0.4, 0.5) is 4.39 Å². The molecule has 78 valence electrons. The number of nitrogens with one attached hydrogen (secondary N) is 1. The van der Waals surface area contributed by atoms with Crippen molar-refractivity contribution in [2.45, 2.75) is 18.2 Å². The van der Waals surface area contributed by atoms with Gasteiger partial charge in [-0.1, -0.05) is 19.1 Å². The van der Waals surface area contributed by atoms with E-state index < -0.39 is 0 Å². The van der Waals surface area contributed by atoms with Crippen molar-refractivity contribution in [2.24, 2.45) is 0 Å². The SMILES string of the molecule is CCCNCCSc1ccccc1F. The molecule has 0 unspecified atom stereocenters. The van der Waals surface area contributed by atoms with Gasteiger partial charge in [0.2, 0.25) is 0 Å². The molecule has 0 bridgehead atoms. The summed E-state index contributed by atoms with van der Waals surface area (Å²) in [7, 11) is 0.